The quantitative estimate of drug-likeness (QED) is 0.369. The molecule has 0 radical (unpaired) electrons. The predicted octanol–water partition coefficient (Wildman–Crippen LogP) is 3.53. The molecule has 2 aromatic carbocycles. The molecule has 9 nitrogen and oxygen atoms in total. The molecule has 0 bridgehead atoms. The van der Waals surface area contributed by atoms with Gasteiger partial charge >= 0.3 is 5.69 Å². The number of amides is 1. The highest BCUT2D eigenvalue weighted by atomic mass is 32.2. The van der Waals surface area contributed by atoms with Crippen LogP contribution in [0.3, 0.4) is 0 Å². The van der Waals surface area contributed by atoms with Crippen LogP contribution in [-0.4, -0.2) is 48.8 Å². The van der Waals surface area contributed by atoms with Crippen LogP contribution >= 0.6 is 0 Å². The number of nitro groups is 1. The van der Waals surface area contributed by atoms with Gasteiger partial charge in [-0.1, -0.05) is 44.2 Å². The topological polar surface area (TPSA) is 119 Å². The Kier molecular flexibility index (Phi) is 9.36. The molecule has 2 rings (SSSR count). The van der Waals surface area contributed by atoms with E-state index in [1.807, 2.05) is 37.3 Å². The third-order valence-electron chi connectivity index (χ3n) is 5.24. The molecule has 0 saturated carbocycles. The Bertz CT molecular complexity index is 1060. The Morgan fingerprint density at radius 3 is 2.33 bits per heavy atom. The van der Waals surface area contributed by atoms with Gasteiger partial charge in [0.05, 0.1) is 9.82 Å². The Labute approximate surface area is 195 Å². The van der Waals surface area contributed by atoms with Gasteiger partial charge in [-0.25, -0.2) is 8.42 Å². The minimum absolute atomic E-state index is 0.125. The molecule has 0 saturated heterocycles. The van der Waals surface area contributed by atoms with Crippen molar-refractivity contribution in [2.45, 2.75) is 57.6 Å². The number of nitro benzene ring substituents is 1. The molecule has 10 heteroatoms. The van der Waals surface area contributed by atoms with Crippen molar-refractivity contribution in [3.8, 4) is 5.75 Å². The van der Waals surface area contributed by atoms with Crippen molar-refractivity contribution in [1.29, 1.82) is 0 Å². The van der Waals surface area contributed by atoms with Crippen molar-refractivity contribution < 1.29 is 22.9 Å². The lowest BCUT2D eigenvalue weighted by molar-refractivity contribution is -0.386. The molecule has 0 aliphatic carbocycles. The number of aryl methyl sites for hydroxylation is 1. The Hall–Kier alpha value is -2.98. The summed E-state index contributed by atoms with van der Waals surface area (Å²) in [5.74, 6) is -0.581. The monoisotopic (exact) mass is 477 g/mol. The van der Waals surface area contributed by atoms with Crippen molar-refractivity contribution in [1.82, 2.24) is 9.62 Å². The molecule has 180 valence electrons. The summed E-state index contributed by atoms with van der Waals surface area (Å²) in [5, 5.41) is 14.4. The van der Waals surface area contributed by atoms with Gasteiger partial charge in [0.2, 0.25) is 10.0 Å². The molecule has 2 atom stereocenters. The molecule has 33 heavy (non-hydrogen) atoms. The lowest BCUT2D eigenvalue weighted by Crippen LogP contribution is -2.41. The summed E-state index contributed by atoms with van der Waals surface area (Å²) < 4.78 is 32.1. The zero-order valence-corrected chi connectivity index (χ0v) is 20.2. The van der Waals surface area contributed by atoms with E-state index in [9.17, 15) is 23.3 Å². The van der Waals surface area contributed by atoms with Crippen LogP contribution in [0.2, 0.25) is 0 Å². The van der Waals surface area contributed by atoms with E-state index >= 15 is 0 Å². The number of hydrogen-bond donors (Lipinski definition) is 1. The van der Waals surface area contributed by atoms with Crippen LogP contribution in [0.25, 0.3) is 0 Å². The second-order valence-electron chi connectivity index (χ2n) is 7.67. The predicted molar refractivity (Wildman–Crippen MR) is 126 cm³/mol. The van der Waals surface area contributed by atoms with Crippen molar-refractivity contribution in [2.75, 3.05) is 13.1 Å². The van der Waals surface area contributed by atoms with Gasteiger partial charge in [-0.3, -0.25) is 14.9 Å². The third kappa shape index (κ3) is 7.00. The van der Waals surface area contributed by atoms with E-state index in [-0.39, 0.29) is 29.8 Å². The van der Waals surface area contributed by atoms with Gasteiger partial charge in [-0.15, -0.1) is 0 Å². The SMILES string of the molecule is CCN(CC)S(=O)(=O)c1ccc(OC(C)C(=O)NC(C)CCc2ccccc2)c([N+](=O)[O-])c1. The first-order valence-electron chi connectivity index (χ1n) is 10.9. The number of benzene rings is 2. The van der Waals surface area contributed by atoms with E-state index in [2.05, 4.69) is 5.32 Å². The van der Waals surface area contributed by atoms with Crippen molar-refractivity contribution in [3.05, 3.63) is 64.2 Å². The van der Waals surface area contributed by atoms with Crippen LogP contribution in [0.15, 0.2) is 53.4 Å². The number of carbonyl (C=O) groups excluding carboxylic acids is 1. The summed E-state index contributed by atoms with van der Waals surface area (Å²) in [4.78, 5) is 23.2. The average Bonchev–Trinajstić information content (AvgIpc) is 2.79. The summed E-state index contributed by atoms with van der Waals surface area (Å²) in [6.07, 6.45) is 0.513. The van der Waals surface area contributed by atoms with Crippen molar-refractivity contribution in [3.63, 3.8) is 0 Å². The van der Waals surface area contributed by atoms with E-state index in [1.165, 1.54) is 28.9 Å². The molecular formula is C23H31N3O6S. The van der Waals surface area contributed by atoms with E-state index in [4.69, 9.17) is 4.74 Å². The minimum atomic E-state index is -3.87. The third-order valence-corrected chi connectivity index (χ3v) is 7.29. The first-order valence-corrected chi connectivity index (χ1v) is 12.3. The number of carbonyl (C=O) groups is 1. The summed E-state index contributed by atoms with van der Waals surface area (Å²) >= 11 is 0. The average molecular weight is 478 g/mol. The summed E-state index contributed by atoms with van der Waals surface area (Å²) in [5.41, 5.74) is 0.651. The standard InChI is InChI=1S/C23H31N3O6S/c1-5-25(6-2)33(30,31)20-14-15-22(21(16-20)26(28)29)32-18(4)23(27)24-17(3)12-13-19-10-8-7-9-11-19/h7-11,14-18H,5-6,12-13H2,1-4H3,(H,24,27). The molecule has 0 heterocycles. The van der Waals surface area contributed by atoms with Gasteiger partial charge in [-0.05, 0) is 44.4 Å². The summed E-state index contributed by atoms with van der Waals surface area (Å²) in [7, 11) is -3.87. The van der Waals surface area contributed by atoms with Crippen LogP contribution in [-0.2, 0) is 21.2 Å². The molecule has 2 unspecified atom stereocenters. The maximum atomic E-state index is 12.7. The molecule has 0 aliphatic heterocycles. The molecular weight excluding hydrogens is 446 g/mol. The van der Waals surface area contributed by atoms with Gasteiger partial charge in [0, 0.05) is 25.2 Å². The normalized spacial score (nSPS) is 13.4. The van der Waals surface area contributed by atoms with Crippen LogP contribution in [0, 0.1) is 10.1 Å². The summed E-state index contributed by atoms with van der Waals surface area (Å²) in [6, 6.07) is 13.2. The lowest BCUT2D eigenvalue weighted by atomic mass is 10.1. The Morgan fingerprint density at radius 1 is 1.12 bits per heavy atom. The van der Waals surface area contributed by atoms with Crippen LogP contribution in [0.4, 0.5) is 5.69 Å². The maximum Gasteiger partial charge on any atom is 0.312 e. The molecule has 1 N–H and O–H groups in total. The highest BCUT2D eigenvalue weighted by Crippen LogP contribution is 2.31. The number of nitrogens with one attached hydrogen (secondary N) is 1. The van der Waals surface area contributed by atoms with E-state index < -0.39 is 32.6 Å². The second kappa shape index (κ2) is 11.8. The van der Waals surface area contributed by atoms with Crippen molar-refractivity contribution in [2.24, 2.45) is 0 Å². The van der Waals surface area contributed by atoms with Gasteiger partial charge in [-0.2, -0.15) is 4.31 Å². The second-order valence-corrected chi connectivity index (χ2v) is 9.61. The lowest BCUT2D eigenvalue weighted by Gasteiger charge is -2.20. The van der Waals surface area contributed by atoms with Crippen LogP contribution in [0.5, 0.6) is 5.75 Å². The molecule has 0 fully saturated rings. The zero-order chi connectivity index (χ0) is 24.6. The van der Waals surface area contributed by atoms with E-state index in [1.54, 1.807) is 13.8 Å². The van der Waals surface area contributed by atoms with E-state index in [0.717, 1.165) is 18.9 Å². The van der Waals surface area contributed by atoms with Gasteiger partial charge < -0.3 is 10.1 Å². The minimum Gasteiger partial charge on any atom is -0.474 e. The number of sulfonamides is 1. The first-order chi connectivity index (χ1) is 15.6. The van der Waals surface area contributed by atoms with Crippen molar-refractivity contribution >= 4 is 21.6 Å². The number of rotatable bonds is 12. The fourth-order valence-electron chi connectivity index (χ4n) is 3.32. The maximum absolute atomic E-state index is 12.7. The molecule has 0 aliphatic rings. The van der Waals surface area contributed by atoms with Gasteiger partial charge in [0.1, 0.15) is 0 Å². The Morgan fingerprint density at radius 2 is 1.76 bits per heavy atom. The number of nitrogens with zero attached hydrogens (tertiary/aromatic N) is 2. The van der Waals surface area contributed by atoms with Crippen LogP contribution < -0.4 is 10.1 Å². The fraction of sp³-hybridized carbons (Fsp3) is 0.435. The molecule has 2 aromatic rings. The molecule has 0 spiro atoms. The molecule has 1 amide bonds. The van der Waals surface area contributed by atoms with E-state index in [0.29, 0.717) is 0 Å². The highest BCUT2D eigenvalue weighted by Gasteiger charge is 2.28. The summed E-state index contributed by atoms with van der Waals surface area (Å²) in [6.45, 7) is 7.23. The van der Waals surface area contributed by atoms with Crippen LogP contribution in [0.1, 0.15) is 39.7 Å². The first kappa shape index (κ1) is 26.3. The van der Waals surface area contributed by atoms with Gasteiger partial charge in [0.15, 0.2) is 11.9 Å². The Balaban J connectivity index is 2.08. The number of hydrogen-bond acceptors (Lipinski definition) is 6. The zero-order valence-electron chi connectivity index (χ0n) is 19.4. The number of ether oxygens (including phenoxy) is 1. The highest BCUT2D eigenvalue weighted by molar-refractivity contribution is 7.89. The smallest absolute Gasteiger partial charge is 0.312 e. The van der Waals surface area contributed by atoms with Gasteiger partial charge in [0.25, 0.3) is 5.91 Å². The molecule has 0 aromatic heterocycles. The fourth-order valence-corrected chi connectivity index (χ4v) is 4.80. The largest absolute Gasteiger partial charge is 0.474 e.